The van der Waals surface area contributed by atoms with Gasteiger partial charge in [0.1, 0.15) is 11.6 Å². The van der Waals surface area contributed by atoms with E-state index in [1.54, 1.807) is 31.4 Å². The van der Waals surface area contributed by atoms with Gasteiger partial charge < -0.3 is 20.6 Å². The van der Waals surface area contributed by atoms with Gasteiger partial charge in [0.2, 0.25) is 5.91 Å². The molecule has 0 radical (unpaired) electrons. The SMILES string of the molecule is CNC(=O)c1cccnc1N1CCC(C(=O)Nc2cc(Cl)ccc2O)CC1. The minimum absolute atomic E-state index is 0.0195. The number of rotatable bonds is 4. The summed E-state index contributed by atoms with van der Waals surface area (Å²) in [5.74, 6) is 0.0815. The Morgan fingerprint density at radius 2 is 2.00 bits per heavy atom. The van der Waals surface area contributed by atoms with E-state index in [9.17, 15) is 14.7 Å². The molecule has 2 heterocycles. The first-order valence-electron chi connectivity index (χ1n) is 8.71. The zero-order valence-corrected chi connectivity index (χ0v) is 15.7. The third kappa shape index (κ3) is 4.31. The summed E-state index contributed by atoms with van der Waals surface area (Å²) in [6.45, 7) is 1.22. The number of amides is 2. The molecule has 1 fully saturated rings. The smallest absolute Gasteiger partial charge is 0.254 e. The minimum Gasteiger partial charge on any atom is -0.506 e. The van der Waals surface area contributed by atoms with Gasteiger partial charge >= 0.3 is 0 Å². The van der Waals surface area contributed by atoms with Crippen LogP contribution in [0.5, 0.6) is 5.75 Å². The zero-order chi connectivity index (χ0) is 19.4. The Labute approximate surface area is 162 Å². The van der Waals surface area contributed by atoms with Gasteiger partial charge in [0.25, 0.3) is 5.91 Å². The topological polar surface area (TPSA) is 94.6 Å². The predicted octanol–water partition coefficient (Wildman–Crippen LogP) is 2.66. The summed E-state index contributed by atoms with van der Waals surface area (Å²) < 4.78 is 0. The van der Waals surface area contributed by atoms with Crippen LogP contribution in [0.3, 0.4) is 0 Å². The van der Waals surface area contributed by atoms with E-state index in [1.165, 1.54) is 12.1 Å². The molecule has 1 saturated heterocycles. The van der Waals surface area contributed by atoms with Crippen LogP contribution in [0.15, 0.2) is 36.5 Å². The molecule has 1 aromatic heterocycles. The van der Waals surface area contributed by atoms with Gasteiger partial charge in [-0.2, -0.15) is 0 Å². The molecule has 0 unspecified atom stereocenters. The number of carbonyl (C=O) groups is 2. The maximum absolute atomic E-state index is 12.5. The van der Waals surface area contributed by atoms with Crippen molar-refractivity contribution in [3.8, 4) is 5.75 Å². The normalized spacial score (nSPS) is 14.7. The maximum atomic E-state index is 12.5. The third-order valence-corrected chi connectivity index (χ3v) is 4.88. The summed E-state index contributed by atoms with van der Waals surface area (Å²) in [7, 11) is 1.58. The first kappa shape index (κ1) is 19.0. The van der Waals surface area contributed by atoms with Crippen LogP contribution in [0.25, 0.3) is 0 Å². The Bertz CT molecular complexity index is 851. The second-order valence-corrected chi connectivity index (χ2v) is 6.80. The average molecular weight is 389 g/mol. The molecule has 2 aromatic rings. The van der Waals surface area contributed by atoms with E-state index in [2.05, 4.69) is 15.6 Å². The maximum Gasteiger partial charge on any atom is 0.254 e. The van der Waals surface area contributed by atoms with Crippen LogP contribution in [-0.2, 0) is 4.79 Å². The highest BCUT2D eigenvalue weighted by Crippen LogP contribution is 2.29. The second kappa shape index (κ2) is 8.26. The summed E-state index contributed by atoms with van der Waals surface area (Å²) in [4.78, 5) is 30.9. The third-order valence-electron chi connectivity index (χ3n) is 4.64. The number of halogens is 1. The van der Waals surface area contributed by atoms with Crippen molar-refractivity contribution in [2.45, 2.75) is 12.8 Å². The fraction of sp³-hybridized carbons (Fsp3) is 0.316. The molecule has 1 aromatic carbocycles. The van der Waals surface area contributed by atoms with Crippen LogP contribution >= 0.6 is 11.6 Å². The van der Waals surface area contributed by atoms with Gasteiger partial charge in [0.15, 0.2) is 0 Å². The quantitative estimate of drug-likeness (QED) is 0.700. The molecule has 3 rings (SSSR count). The fourth-order valence-corrected chi connectivity index (χ4v) is 3.33. The lowest BCUT2D eigenvalue weighted by molar-refractivity contribution is -0.120. The van der Waals surface area contributed by atoms with Crippen LogP contribution in [0.4, 0.5) is 11.5 Å². The summed E-state index contributed by atoms with van der Waals surface area (Å²) in [6.07, 6.45) is 2.90. The molecule has 3 N–H and O–H groups in total. The molecule has 0 bridgehead atoms. The molecule has 0 saturated carbocycles. The molecule has 0 spiro atoms. The number of phenols is 1. The van der Waals surface area contributed by atoms with Crippen LogP contribution in [0.1, 0.15) is 23.2 Å². The van der Waals surface area contributed by atoms with Gasteiger partial charge in [0, 0.05) is 37.3 Å². The van der Waals surface area contributed by atoms with Crippen molar-refractivity contribution in [2.75, 3.05) is 30.4 Å². The number of carbonyl (C=O) groups excluding carboxylic acids is 2. The summed E-state index contributed by atoms with van der Waals surface area (Å²) in [5.41, 5.74) is 0.827. The number of phenolic OH excluding ortho intramolecular Hbond substituents is 1. The number of hydrogen-bond acceptors (Lipinski definition) is 5. The standard InChI is InChI=1S/C19H21ClN4O3/c1-21-19(27)14-3-2-8-22-17(14)24-9-6-12(7-10-24)18(26)23-15-11-13(20)4-5-16(15)25/h2-5,8,11-12,25H,6-7,9-10H2,1H3,(H,21,27)(H,23,26). The average Bonchev–Trinajstić information content (AvgIpc) is 2.70. The number of hydrogen-bond donors (Lipinski definition) is 3. The number of pyridine rings is 1. The summed E-state index contributed by atoms with van der Waals surface area (Å²) >= 11 is 5.92. The number of nitrogens with one attached hydrogen (secondary N) is 2. The van der Waals surface area contributed by atoms with E-state index in [4.69, 9.17) is 11.6 Å². The van der Waals surface area contributed by atoms with Crippen molar-refractivity contribution < 1.29 is 14.7 Å². The van der Waals surface area contributed by atoms with E-state index in [1.807, 2.05) is 4.90 Å². The predicted molar refractivity (Wildman–Crippen MR) is 104 cm³/mol. The number of aromatic hydroxyl groups is 1. The highest BCUT2D eigenvalue weighted by Gasteiger charge is 2.28. The Kier molecular flexibility index (Phi) is 5.81. The van der Waals surface area contributed by atoms with Crippen molar-refractivity contribution in [1.82, 2.24) is 10.3 Å². The Hall–Kier alpha value is -2.80. The molecule has 0 atom stereocenters. The molecule has 1 aliphatic rings. The summed E-state index contributed by atoms with van der Waals surface area (Å²) in [5, 5.41) is 15.7. The second-order valence-electron chi connectivity index (χ2n) is 6.37. The first-order chi connectivity index (χ1) is 13.0. The highest BCUT2D eigenvalue weighted by atomic mass is 35.5. The molecular weight excluding hydrogens is 368 g/mol. The van der Waals surface area contributed by atoms with Gasteiger partial charge in [-0.15, -0.1) is 0 Å². The number of benzene rings is 1. The van der Waals surface area contributed by atoms with Gasteiger partial charge in [-0.05, 0) is 43.2 Å². The van der Waals surface area contributed by atoms with Gasteiger partial charge in [-0.3, -0.25) is 9.59 Å². The van der Waals surface area contributed by atoms with E-state index < -0.39 is 0 Å². The Morgan fingerprint density at radius 1 is 1.26 bits per heavy atom. The molecular formula is C19H21ClN4O3. The highest BCUT2D eigenvalue weighted by molar-refractivity contribution is 6.31. The largest absolute Gasteiger partial charge is 0.506 e. The summed E-state index contributed by atoms with van der Waals surface area (Å²) in [6, 6.07) is 7.99. The van der Waals surface area contributed by atoms with E-state index in [-0.39, 0.29) is 23.5 Å². The van der Waals surface area contributed by atoms with Gasteiger partial charge in [-0.1, -0.05) is 11.6 Å². The molecule has 0 aliphatic carbocycles. The lowest BCUT2D eigenvalue weighted by Gasteiger charge is -2.33. The molecule has 27 heavy (non-hydrogen) atoms. The number of aromatic nitrogens is 1. The Balaban J connectivity index is 1.65. The van der Waals surface area contributed by atoms with Crippen LogP contribution in [-0.4, -0.2) is 42.0 Å². The first-order valence-corrected chi connectivity index (χ1v) is 9.09. The van der Waals surface area contributed by atoms with Gasteiger partial charge in [0.05, 0.1) is 11.3 Å². The van der Waals surface area contributed by atoms with E-state index in [0.29, 0.717) is 48.0 Å². The monoisotopic (exact) mass is 388 g/mol. The van der Waals surface area contributed by atoms with Crippen LogP contribution in [0.2, 0.25) is 5.02 Å². The van der Waals surface area contributed by atoms with Crippen LogP contribution in [0, 0.1) is 5.92 Å². The van der Waals surface area contributed by atoms with Crippen molar-refractivity contribution in [3.05, 3.63) is 47.1 Å². The lowest BCUT2D eigenvalue weighted by atomic mass is 9.95. The molecule has 1 aliphatic heterocycles. The van der Waals surface area contributed by atoms with E-state index in [0.717, 1.165) is 0 Å². The van der Waals surface area contributed by atoms with Crippen molar-refractivity contribution in [1.29, 1.82) is 0 Å². The molecule has 2 amide bonds. The minimum atomic E-state index is -0.188. The van der Waals surface area contributed by atoms with E-state index >= 15 is 0 Å². The lowest BCUT2D eigenvalue weighted by Crippen LogP contribution is -2.39. The zero-order valence-electron chi connectivity index (χ0n) is 14.9. The van der Waals surface area contributed by atoms with Gasteiger partial charge in [-0.25, -0.2) is 4.98 Å². The number of anilines is 2. The van der Waals surface area contributed by atoms with Crippen molar-refractivity contribution in [2.24, 2.45) is 5.92 Å². The number of nitrogens with zero attached hydrogens (tertiary/aromatic N) is 2. The molecule has 142 valence electrons. The fourth-order valence-electron chi connectivity index (χ4n) is 3.16. The Morgan fingerprint density at radius 3 is 2.70 bits per heavy atom. The number of piperidine rings is 1. The molecule has 7 nitrogen and oxygen atoms in total. The van der Waals surface area contributed by atoms with Crippen molar-refractivity contribution >= 4 is 34.9 Å². The van der Waals surface area contributed by atoms with Crippen LogP contribution < -0.4 is 15.5 Å². The molecule has 8 heteroatoms. The van der Waals surface area contributed by atoms with Crippen molar-refractivity contribution in [3.63, 3.8) is 0 Å².